The third-order valence-electron chi connectivity index (χ3n) is 45.8. The third-order valence-corrected chi connectivity index (χ3v) is 45.8. The highest BCUT2D eigenvalue weighted by Gasteiger charge is 2.79. The first kappa shape index (κ1) is 100. The van der Waals surface area contributed by atoms with Gasteiger partial charge in [-0.1, -0.05) is 114 Å². The van der Waals surface area contributed by atoms with Crippen LogP contribution in [0, 0.1) is 32.5 Å². The van der Waals surface area contributed by atoms with Crippen molar-refractivity contribution in [2.24, 2.45) is 44.0 Å². The number of piperidine rings is 6. The lowest BCUT2D eigenvalue weighted by molar-refractivity contribution is -0.150. The topological polar surface area (TPSA) is 347 Å². The molecule has 12 heterocycles. The Morgan fingerprint density at radius 3 is 0.700 bits per heavy atom. The third kappa shape index (κ3) is 12.9. The summed E-state index contributed by atoms with van der Waals surface area (Å²) in [5.41, 5.74) is 28.1. The van der Waals surface area contributed by atoms with Crippen LogP contribution >= 0.6 is 0 Å². The number of carbonyl (C=O) groups is 2. The summed E-state index contributed by atoms with van der Waals surface area (Å²) in [4.78, 5) is 39.2. The van der Waals surface area contributed by atoms with E-state index in [4.69, 9.17) is 39.9 Å². The Morgan fingerprint density at radius 2 is 0.487 bits per heavy atom. The van der Waals surface area contributed by atoms with Crippen molar-refractivity contribution in [1.29, 1.82) is 0 Å². The van der Waals surface area contributed by atoms with Crippen LogP contribution in [-0.4, -0.2) is 270 Å². The summed E-state index contributed by atoms with van der Waals surface area (Å²) < 4.78 is 38.2. The van der Waals surface area contributed by atoms with Crippen molar-refractivity contribution in [1.82, 2.24) is 40.0 Å². The summed E-state index contributed by atoms with van der Waals surface area (Å²) in [6.07, 6.45) is 34.1. The fourth-order valence-electron chi connectivity index (χ4n) is 39.7. The molecular weight excluding hydrogens is 1890 g/mol. The Hall–Kier alpha value is -10.1. The van der Waals surface area contributed by atoms with Gasteiger partial charge in [-0.2, -0.15) is 0 Å². The van der Waals surface area contributed by atoms with Crippen molar-refractivity contribution in [3.63, 3.8) is 0 Å². The summed E-state index contributed by atoms with van der Waals surface area (Å²) in [5.74, 6) is 5.47. The number of hydrogen-bond acceptors (Lipinski definition) is 24. The standard InChI is InChI=1S/2C22H28N2O3.2C20H26N2O2.2C20H25NO3/c2*1-4-10-24-11-9-22-18-14-5-6-16(26)19(18)27-20(22)15(23-13(2)25)7-8-21(22,3)17(24)12-14;2*1-3-9-22-10-8-20-16-12-4-5-14(23)17(16)24-18(20)13(21)6-7-19(20,2)15(22)11-12;2*1-3-9-21-10-8-20-16-12-4-5-13(22)17(16)24-18(20)14(23)6-7-19(20,2)15(21)11-12/h2*4-6,15,17,20,26H,1,7-12H2,2-3H3,(H,23,25);2*3-5,13,15,18,23H,1,6-11,21H2,2H3;2*3-5,14-15,18,22-23H,1,6-11H2,2H3/t15-,17?,20+,21+,22+;15-,17?,20-,21-,22-;13-,15?,18+,19+,20+;13-,15?,18-,19-,20-;14-,15?,18+,19+,20+;14-,15?,18-,19-,20-/m101010/s1. The van der Waals surface area contributed by atoms with E-state index >= 15 is 0 Å². The fraction of sp³-hybridized carbons (Fsp3) is 0.597. The maximum absolute atomic E-state index is 11.9. The molecule has 12 bridgehead atoms. The Labute approximate surface area is 883 Å². The highest BCUT2D eigenvalue weighted by atomic mass is 16.5. The highest BCUT2D eigenvalue weighted by Crippen LogP contribution is 2.77. The van der Waals surface area contributed by atoms with Crippen molar-refractivity contribution < 1.29 is 78.9 Å². The van der Waals surface area contributed by atoms with Gasteiger partial charge in [-0.05, 0) is 296 Å². The number of carbonyl (C=O) groups excluding carboxylic acids is 2. The molecule has 6 spiro atoms. The number of phenolic OH excluding ortho intramolecular Hbond substituents is 6. The van der Waals surface area contributed by atoms with Gasteiger partial charge in [-0.15, -0.1) is 39.5 Å². The molecule has 30 atom stereocenters. The summed E-state index contributed by atoms with van der Waals surface area (Å²) in [5, 5.41) is 90.5. The highest BCUT2D eigenvalue weighted by molar-refractivity contribution is 5.75. The summed E-state index contributed by atoms with van der Waals surface area (Å²) in [6.45, 7) is 52.9. The fourth-order valence-corrected chi connectivity index (χ4v) is 39.7. The first-order chi connectivity index (χ1) is 71.9. The lowest BCUT2D eigenvalue weighted by atomic mass is 9.43. The number of nitrogens with one attached hydrogen (secondary N) is 2. The predicted molar refractivity (Wildman–Crippen MR) is 576 cm³/mol. The normalized spacial score (nSPS) is 41.0. The lowest BCUT2D eigenvalue weighted by Crippen LogP contribution is -2.73. The van der Waals surface area contributed by atoms with E-state index < -0.39 is 12.2 Å². The minimum Gasteiger partial charge on any atom is -0.504 e. The molecule has 26 nitrogen and oxygen atoms in total. The molecule has 26 heteroatoms. The van der Waals surface area contributed by atoms with Crippen LogP contribution in [0.1, 0.15) is 238 Å². The van der Waals surface area contributed by atoms with E-state index in [1.165, 1.54) is 66.8 Å². The van der Waals surface area contributed by atoms with Crippen LogP contribution in [-0.2, 0) is 80.6 Å². The van der Waals surface area contributed by atoms with E-state index in [-0.39, 0.29) is 172 Å². The first-order valence-electron chi connectivity index (χ1n) is 56.6. The Kier molecular flexibility index (Phi) is 23.6. The average Bonchev–Trinajstić information content (AvgIpc) is 1.48. The second-order valence-electron chi connectivity index (χ2n) is 51.1. The van der Waals surface area contributed by atoms with Crippen LogP contribution in [0.25, 0.3) is 0 Å². The van der Waals surface area contributed by atoms with E-state index in [0.29, 0.717) is 59.2 Å². The summed E-state index contributed by atoms with van der Waals surface area (Å²) >= 11 is 0. The number of rotatable bonds is 14. The van der Waals surface area contributed by atoms with Crippen molar-refractivity contribution in [2.75, 3.05) is 78.5 Å². The van der Waals surface area contributed by atoms with Gasteiger partial charge >= 0.3 is 0 Å². The predicted octanol–water partition coefficient (Wildman–Crippen LogP) is 14.4. The Balaban J connectivity index is 0.0000000932. The SMILES string of the molecule is C=CCN1CC[C@]23c4c5ccc(O)c4O[C@H]2[C@@H](N)CC[C@@]3(C)C1C5.C=CCN1CC[C@]23c4c5ccc(O)c4O[C@H]2[C@@H](NC(C)=O)CC[C@@]3(C)C1C5.C=CCN1CC[C@]23c4c5ccc(O)c4O[C@H]2[C@@H](O)CC[C@@]3(C)C1C5.C=CCN1CC[C@]23c4c5ccc(O)c4O[C@H]2[C@H](N)CC[C@@]3(C)C1C5.C=CCN1CC[C@]23c4c5ccc(O)c4O[C@H]2[C@H](NC(C)=O)CC[C@@]3(C)C1C5.C=CCN1CC[C@]23c4c5ccc(O)c4O[C@H]2[C@H](O)CC[C@@]3(C)C1C5. The molecule has 12 aliphatic heterocycles. The number of aliphatic hydroxyl groups excluding tert-OH is 2. The van der Waals surface area contributed by atoms with Crippen LogP contribution in [0.15, 0.2) is 149 Å². The average molecular weight is 2040 g/mol. The van der Waals surface area contributed by atoms with Crippen LogP contribution < -0.4 is 50.5 Å². The molecule has 24 aliphatic rings. The zero-order valence-electron chi connectivity index (χ0n) is 89.2. The summed E-state index contributed by atoms with van der Waals surface area (Å²) in [7, 11) is 0. The molecule has 0 aromatic heterocycles. The largest absolute Gasteiger partial charge is 0.504 e. The molecule has 6 unspecified atom stereocenters. The summed E-state index contributed by atoms with van der Waals surface area (Å²) in [6, 6.07) is 25.9. The van der Waals surface area contributed by atoms with Crippen molar-refractivity contribution in [2.45, 2.75) is 351 Å². The monoisotopic (exact) mass is 2040 g/mol. The lowest BCUT2D eigenvalue weighted by Gasteiger charge is -2.65. The maximum atomic E-state index is 11.9. The van der Waals surface area contributed by atoms with E-state index in [9.17, 15) is 50.4 Å². The molecular formula is C124H158N10O16. The molecule has 2 amide bonds. The first-order valence-corrected chi connectivity index (χ1v) is 56.6. The molecule has 150 heavy (non-hydrogen) atoms. The zero-order valence-corrected chi connectivity index (χ0v) is 89.2. The minimum absolute atomic E-state index is 0.00742. The van der Waals surface area contributed by atoms with Gasteiger partial charge in [-0.25, -0.2) is 0 Å². The van der Waals surface area contributed by atoms with E-state index in [0.717, 1.165) is 244 Å². The molecule has 800 valence electrons. The van der Waals surface area contributed by atoms with Gasteiger partial charge in [-0.3, -0.25) is 39.0 Å². The van der Waals surface area contributed by atoms with Gasteiger partial charge in [0.2, 0.25) is 11.8 Å². The molecule has 12 fully saturated rings. The minimum atomic E-state index is -0.456. The quantitative estimate of drug-likeness (QED) is 0.0451. The van der Waals surface area contributed by atoms with Crippen LogP contribution in [0.4, 0.5) is 0 Å². The zero-order chi connectivity index (χ0) is 105. The number of hydrogen-bond donors (Lipinski definition) is 12. The number of amides is 2. The van der Waals surface area contributed by atoms with Crippen molar-refractivity contribution in [3.8, 4) is 69.0 Å². The van der Waals surface area contributed by atoms with Gasteiger partial charge in [0.05, 0.1) is 24.3 Å². The number of ether oxygens (including phenoxy) is 6. The van der Waals surface area contributed by atoms with Gasteiger partial charge in [0.15, 0.2) is 69.0 Å². The molecule has 14 N–H and O–H groups in total. The number of benzene rings is 6. The molecule has 6 aromatic carbocycles. The molecule has 0 radical (unpaired) electrons. The van der Waals surface area contributed by atoms with Crippen LogP contribution in [0.3, 0.4) is 0 Å². The second-order valence-corrected chi connectivity index (χ2v) is 51.1. The number of aromatic hydroxyl groups is 6. The van der Waals surface area contributed by atoms with E-state index in [1.807, 2.05) is 36.5 Å². The van der Waals surface area contributed by atoms with Gasteiger partial charge in [0.25, 0.3) is 0 Å². The van der Waals surface area contributed by atoms with Crippen molar-refractivity contribution in [3.05, 3.63) is 215 Å². The maximum Gasteiger partial charge on any atom is 0.217 e. The Morgan fingerprint density at radius 1 is 0.300 bits per heavy atom. The number of aliphatic hydroxyl groups is 2. The van der Waals surface area contributed by atoms with Crippen LogP contribution in [0.5, 0.6) is 69.0 Å². The van der Waals surface area contributed by atoms with Gasteiger partial charge in [0.1, 0.15) is 36.6 Å². The number of phenols is 6. The molecule has 6 saturated heterocycles. The van der Waals surface area contributed by atoms with E-state index in [1.54, 1.807) is 50.2 Å². The number of nitrogens with zero attached hydrogens (tertiary/aromatic N) is 6. The number of likely N-dealkylation sites (tertiary alicyclic amines) is 6. The molecule has 12 aliphatic carbocycles. The Bertz CT molecular complexity index is 5960. The van der Waals surface area contributed by atoms with E-state index in [2.05, 4.69) is 157 Å². The van der Waals surface area contributed by atoms with Gasteiger partial charge < -0.3 is 91.4 Å². The number of nitrogens with two attached hydrogens (primary N) is 2. The smallest absolute Gasteiger partial charge is 0.217 e. The molecule has 6 aromatic rings. The van der Waals surface area contributed by atoms with Gasteiger partial charge in [0, 0.05) is 167 Å². The van der Waals surface area contributed by atoms with Crippen LogP contribution in [0.2, 0.25) is 0 Å². The second kappa shape index (κ2) is 35.2. The molecule has 6 saturated carbocycles. The van der Waals surface area contributed by atoms with Crippen molar-refractivity contribution >= 4 is 11.8 Å². The molecule has 30 rings (SSSR count).